The largest absolute Gasteiger partial charge is 0.381 e. The molecule has 0 aliphatic carbocycles. The van der Waals surface area contributed by atoms with Crippen LogP contribution in [-0.2, 0) is 37.3 Å². The number of aromatic nitrogens is 3. The summed E-state index contributed by atoms with van der Waals surface area (Å²) < 4.78 is 7.52. The molecule has 11 heteroatoms. The number of aryl methyl sites for hydroxylation is 3. The summed E-state index contributed by atoms with van der Waals surface area (Å²) in [6.07, 6.45) is 5.56. The third-order valence-electron chi connectivity index (χ3n) is 10.9. The van der Waals surface area contributed by atoms with Gasteiger partial charge in [0.05, 0.1) is 17.3 Å². The minimum Gasteiger partial charge on any atom is -0.381 e. The summed E-state index contributed by atoms with van der Waals surface area (Å²) >= 11 is 0. The Balaban J connectivity index is 1.02. The van der Waals surface area contributed by atoms with Crippen molar-refractivity contribution in [1.29, 1.82) is 0 Å². The number of amides is 2. The molecule has 0 radical (unpaired) electrons. The Morgan fingerprint density at radius 3 is 2.44 bits per heavy atom. The molecule has 5 aromatic rings. The zero-order chi connectivity index (χ0) is 38.1. The second-order valence-corrected chi connectivity index (χ2v) is 14.7. The number of carbonyl (C=O) groups excluding carboxylic acids is 2. The Kier molecular flexibility index (Phi) is 12.5. The van der Waals surface area contributed by atoms with Crippen LogP contribution in [0.1, 0.15) is 81.8 Å². The van der Waals surface area contributed by atoms with Crippen molar-refractivity contribution in [3.8, 4) is 11.1 Å². The van der Waals surface area contributed by atoms with Crippen molar-refractivity contribution in [3.05, 3.63) is 112 Å². The highest BCUT2D eigenvalue weighted by Gasteiger charge is 2.22. The predicted molar refractivity (Wildman–Crippen MR) is 218 cm³/mol. The molecule has 0 saturated carbocycles. The molecule has 2 amide bonds. The Labute approximate surface area is 324 Å². The van der Waals surface area contributed by atoms with Gasteiger partial charge in [-0.25, -0.2) is 9.67 Å². The number of hydrogen-bond donors (Lipinski definition) is 4. The first-order valence-electron chi connectivity index (χ1n) is 19.9. The second kappa shape index (κ2) is 18.0. The van der Waals surface area contributed by atoms with Gasteiger partial charge in [-0.3, -0.25) is 14.5 Å². The van der Waals surface area contributed by atoms with Gasteiger partial charge in [-0.2, -0.15) is 5.10 Å². The van der Waals surface area contributed by atoms with E-state index in [2.05, 4.69) is 94.5 Å². The lowest BCUT2D eigenvalue weighted by Gasteiger charge is -2.26. The van der Waals surface area contributed by atoms with Crippen LogP contribution < -0.4 is 21.3 Å². The SMILES string of the molecule is CCc1nc2c(cnn2CC)c(NC2CCOCC2)c1CNC(=O)c1cccc(C(=O)NCc2cc(-c3cccc(CN4CCCNCC4)c3)ccc2C)c1. The quantitative estimate of drug-likeness (QED) is 0.112. The van der Waals surface area contributed by atoms with E-state index in [0.29, 0.717) is 50.4 Å². The average Bonchev–Trinajstić information content (AvgIpc) is 3.46. The summed E-state index contributed by atoms with van der Waals surface area (Å²) in [5.74, 6) is -0.483. The fourth-order valence-electron chi connectivity index (χ4n) is 7.66. The number of rotatable bonds is 13. The zero-order valence-electron chi connectivity index (χ0n) is 32.4. The maximum atomic E-state index is 13.6. The minimum atomic E-state index is -0.253. The molecule has 2 aromatic heterocycles. The fraction of sp³-hybridized carbons (Fsp3) is 0.409. The molecular weight excluding hydrogens is 689 g/mol. The molecule has 11 nitrogen and oxygen atoms in total. The number of carbonyl (C=O) groups is 2. The molecule has 0 bridgehead atoms. The van der Waals surface area contributed by atoms with Gasteiger partial charge in [0.1, 0.15) is 0 Å². The number of pyridine rings is 1. The second-order valence-electron chi connectivity index (χ2n) is 14.7. The van der Waals surface area contributed by atoms with E-state index >= 15 is 0 Å². The number of hydrogen-bond acceptors (Lipinski definition) is 8. The molecule has 4 heterocycles. The summed E-state index contributed by atoms with van der Waals surface area (Å²) in [4.78, 5) is 34.6. The Bertz CT molecular complexity index is 2110. The van der Waals surface area contributed by atoms with E-state index in [1.807, 2.05) is 10.9 Å². The minimum absolute atomic E-state index is 0.229. The summed E-state index contributed by atoms with van der Waals surface area (Å²) in [5.41, 5.74) is 10.3. The van der Waals surface area contributed by atoms with Crippen molar-refractivity contribution in [2.24, 2.45) is 0 Å². The number of nitrogens with zero attached hydrogens (tertiary/aromatic N) is 4. The molecular formula is C44H54N8O3. The van der Waals surface area contributed by atoms with Crippen LogP contribution in [0.25, 0.3) is 22.2 Å². The van der Waals surface area contributed by atoms with Crippen molar-refractivity contribution in [1.82, 2.24) is 35.6 Å². The standard InChI is InChI=1S/C44H54N8O3/c1-4-40-38(41(49-37-15-21-55-22-16-37)39-28-48-52(5-2)42(39)50-40)27-47-44(54)35-12-7-11-34(25-35)43(53)46-26-36-24-33(14-13-30(36)3)32-10-6-9-31(23-32)29-51-19-8-17-45-18-20-51/h6-7,9-14,23-25,28,37,45H,4-5,8,15-22,26-27,29H2,1-3H3,(H,46,53)(H,47,54)(H,49,50). The van der Waals surface area contributed by atoms with Crippen LogP contribution in [0.15, 0.2) is 72.9 Å². The van der Waals surface area contributed by atoms with E-state index in [1.165, 1.54) is 17.5 Å². The Morgan fingerprint density at radius 2 is 1.65 bits per heavy atom. The van der Waals surface area contributed by atoms with Crippen molar-refractivity contribution in [3.63, 3.8) is 0 Å². The molecule has 3 aromatic carbocycles. The highest BCUT2D eigenvalue weighted by atomic mass is 16.5. The van der Waals surface area contributed by atoms with E-state index in [1.54, 1.807) is 24.3 Å². The lowest BCUT2D eigenvalue weighted by atomic mass is 9.98. The first-order chi connectivity index (χ1) is 26.9. The molecule has 2 saturated heterocycles. The zero-order valence-corrected chi connectivity index (χ0v) is 32.4. The molecule has 4 N–H and O–H groups in total. The maximum Gasteiger partial charge on any atom is 0.251 e. The van der Waals surface area contributed by atoms with Crippen LogP contribution in [-0.4, -0.2) is 76.9 Å². The van der Waals surface area contributed by atoms with Gasteiger partial charge in [0.25, 0.3) is 11.8 Å². The number of fused-ring (bicyclic) bond motifs is 1. The fourth-order valence-corrected chi connectivity index (χ4v) is 7.66. The first-order valence-corrected chi connectivity index (χ1v) is 19.9. The number of anilines is 1. The van der Waals surface area contributed by atoms with Gasteiger partial charge in [0.2, 0.25) is 0 Å². The summed E-state index contributed by atoms with van der Waals surface area (Å²) in [6.45, 7) is 14.2. The number of nitrogens with one attached hydrogen (secondary N) is 4. The van der Waals surface area contributed by atoms with Crippen molar-refractivity contribution in [2.45, 2.75) is 78.7 Å². The molecule has 0 unspecified atom stereocenters. The van der Waals surface area contributed by atoms with Crippen LogP contribution in [0.3, 0.4) is 0 Å². The molecule has 55 heavy (non-hydrogen) atoms. The number of ether oxygens (including phenoxy) is 1. The van der Waals surface area contributed by atoms with E-state index in [0.717, 1.165) is 90.2 Å². The van der Waals surface area contributed by atoms with Crippen molar-refractivity contribution in [2.75, 3.05) is 44.7 Å². The summed E-state index contributed by atoms with van der Waals surface area (Å²) in [5, 5.41) is 19.0. The van der Waals surface area contributed by atoms with Gasteiger partial charge < -0.3 is 26.0 Å². The molecule has 0 spiro atoms. The van der Waals surface area contributed by atoms with Gasteiger partial charge in [-0.15, -0.1) is 0 Å². The molecule has 2 fully saturated rings. The first kappa shape index (κ1) is 38.2. The molecule has 2 aliphatic heterocycles. The van der Waals surface area contributed by atoms with Crippen LogP contribution in [0.2, 0.25) is 0 Å². The van der Waals surface area contributed by atoms with E-state index < -0.39 is 0 Å². The van der Waals surface area contributed by atoms with E-state index in [9.17, 15) is 9.59 Å². The third kappa shape index (κ3) is 9.24. The normalized spacial score (nSPS) is 15.5. The predicted octanol–water partition coefficient (Wildman–Crippen LogP) is 6.24. The summed E-state index contributed by atoms with van der Waals surface area (Å²) in [7, 11) is 0. The lowest BCUT2D eigenvalue weighted by Crippen LogP contribution is -2.30. The summed E-state index contributed by atoms with van der Waals surface area (Å²) in [6, 6.07) is 22.4. The van der Waals surface area contributed by atoms with Crippen molar-refractivity contribution < 1.29 is 14.3 Å². The van der Waals surface area contributed by atoms with Gasteiger partial charge >= 0.3 is 0 Å². The molecule has 2 aliphatic rings. The average molecular weight is 743 g/mol. The Hall–Kier alpha value is -5.10. The van der Waals surface area contributed by atoms with E-state index in [4.69, 9.17) is 9.72 Å². The van der Waals surface area contributed by atoms with Gasteiger partial charge in [0.15, 0.2) is 5.65 Å². The highest BCUT2D eigenvalue weighted by Crippen LogP contribution is 2.31. The van der Waals surface area contributed by atoms with E-state index in [-0.39, 0.29) is 17.9 Å². The van der Waals surface area contributed by atoms with Crippen LogP contribution >= 0.6 is 0 Å². The Morgan fingerprint density at radius 1 is 0.891 bits per heavy atom. The van der Waals surface area contributed by atoms with Gasteiger partial charge in [0, 0.05) is 80.9 Å². The van der Waals surface area contributed by atoms with Crippen LogP contribution in [0.5, 0.6) is 0 Å². The molecule has 7 rings (SSSR count). The maximum absolute atomic E-state index is 13.6. The molecule has 288 valence electrons. The third-order valence-corrected chi connectivity index (χ3v) is 10.9. The topological polar surface area (TPSA) is 125 Å². The van der Waals surface area contributed by atoms with Crippen LogP contribution in [0, 0.1) is 6.92 Å². The van der Waals surface area contributed by atoms with Crippen LogP contribution in [0.4, 0.5) is 5.69 Å². The lowest BCUT2D eigenvalue weighted by molar-refractivity contribution is 0.0904. The highest BCUT2D eigenvalue weighted by molar-refractivity contribution is 6.00. The van der Waals surface area contributed by atoms with Gasteiger partial charge in [-0.05, 0) is 111 Å². The number of benzene rings is 3. The molecule has 0 atom stereocenters. The van der Waals surface area contributed by atoms with Gasteiger partial charge in [-0.1, -0.05) is 43.3 Å². The smallest absolute Gasteiger partial charge is 0.251 e. The van der Waals surface area contributed by atoms with Crippen molar-refractivity contribution >= 4 is 28.5 Å². The monoisotopic (exact) mass is 742 g/mol.